The van der Waals surface area contributed by atoms with E-state index in [2.05, 4.69) is 42.6 Å². The van der Waals surface area contributed by atoms with Crippen molar-refractivity contribution in [1.82, 2.24) is 29.9 Å². The van der Waals surface area contributed by atoms with Gasteiger partial charge >= 0.3 is 0 Å². The van der Waals surface area contributed by atoms with Crippen LogP contribution in [0.15, 0.2) is 24.5 Å². The molecule has 4 heterocycles. The molecule has 160 valence electrons. The summed E-state index contributed by atoms with van der Waals surface area (Å²) in [6.07, 6.45) is 3.46. The molecule has 1 atom stereocenters. The average Bonchev–Trinajstić information content (AvgIpc) is 3.07. The first-order valence-electron chi connectivity index (χ1n) is 9.66. The molecule has 4 rings (SSSR count). The summed E-state index contributed by atoms with van der Waals surface area (Å²) in [5.41, 5.74) is 1.11. The highest BCUT2D eigenvalue weighted by molar-refractivity contribution is 6.05. The van der Waals surface area contributed by atoms with Gasteiger partial charge < -0.3 is 20.3 Å². The lowest BCUT2D eigenvalue weighted by Gasteiger charge is -2.32. The molecule has 0 aliphatic carbocycles. The fourth-order valence-electron chi connectivity index (χ4n) is 3.31. The van der Waals surface area contributed by atoms with Gasteiger partial charge in [0.05, 0.1) is 12.3 Å². The van der Waals surface area contributed by atoms with Gasteiger partial charge in [-0.25, -0.2) is 4.98 Å². The molecule has 1 fully saturated rings. The molecule has 11 heteroatoms. The topological polar surface area (TPSA) is 110 Å². The van der Waals surface area contributed by atoms with E-state index in [4.69, 9.17) is 4.74 Å². The zero-order valence-corrected chi connectivity index (χ0v) is 17.9. The van der Waals surface area contributed by atoms with Gasteiger partial charge in [-0.3, -0.25) is 9.20 Å². The van der Waals surface area contributed by atoms with Gasteiger partial charge in [-0.2, -0.15) is 4.98 Å². The zero-order chi connectivity index (χ0) is 20.4. The number of anilines is 2. The normalized spacial score (nSPS) is 16.2. The first-order valence-corrected chi connectivity index (χ1v) is 9.66. The highest BCUT2D eigenvalue weighted by atomic mass is 35.5. The predicted molar refractivity (Wildman–Crippen MR) is 116 cm³/mol. The summed E-state index contributed by atoms with van der Waals surface area (Å²) in [6.45, 7) is 8.88. The minimum Gasteiger partial charge on any atom is -0.477 e. The number of aromatic nitrogens is 5. The molecule has 0 radical (unpaired) electrons. The summed E-state index contributed by atoms with van der Waals surface area (Å²) in [5.74, 6) is 1.51. The van der Waals surface area contributed by atoms with Gasteiger partial charge in [0, 0.05) is 38.1 Å². The SMILES string of the molecule is CCOc1nc2nc(C)cn2cc1C(=O)Nc1ccc(N2CCN[C@@H](C)C2)nn1.Cl. The zero-order valence-electron chi connectivity index (χ0n) is 17.1. The Kier molecular flexibility index (Phi) is 6.68. The minimum atomic E-state index is -0.368. The number of hydrogen-bond donors (Lipinski definition) is 2. The Morgan fingerprint density at radius 3 is 2.83 bits per heavy atom. The lowest BCUT2D eigenvalue weighted by atomic mass is 10.2. The molecule has 3 aromatic heterocycles. The molecule has 0 unspecified atom stereocenters. The lowest BCUT2D eigenvalue weighted by molar-refractivity contribution is 0.102. The Balaban J connectivity index is 0.00000256. The number of rotatable bonds is 5. The maximum absolute atomic E-state index is 12.8. The average molecular weight is 433 g/mol. The Morgan fingerprint density at radius 1 is 1.30 bits per heavy atom. The van der Waals surface area contributed by atoms with Crippen molar-refractivity contribution >= 4 is 35.7 Å². The van der Waals surface area contributed by atoms with Crippen LogP contribution in [0.1, 0.15) is 29.9 Å². The molecule has 30 heavy (non-hydrogen) atoms. The summed E-state index contributed by atoms with van der Waals surface area (Å²) >= 11 is 0. The highest BCUT2D eigenvalue weighted by Gasteiger charge is 2.19. The molecule has 1 aliphatic heterocycles. The molecule has 1 amide bonds. The van der Waals surface area contributed by atoms with Crippen LogP contribution < -0.4 is 20.3 Å². The van der Waals surface area contributed by atoms with Crippen molar-refractivity contribution in [1.29, 1.82) is 0 Å². The summed E-state index contributed by atoms with van der Waals surface area (Å²) in [4.78, 5) is 23.7. The number of nitrogens with one attached hydrogen (secondary N) is 2. The van der Waals surface area contributed by atoms with Crippen molar-refractivity contribution < 1.29 is 9.53 Å². The van der Waals surface area contributed by atoms with E-state index < -0.39 is 0 Å². The van der Waals surface area contributed by atoms with Crippen LogP contribution in [-0.2, 0) is 0 Å². The van der Waals surface area contributed by atoms with E-state index in [1.54, 1.807) is 22.9 Å². The maximum Gasteiger partial charge on any atom is 0.263 e. The van der Waals surface area contributed by atoms with E-state index in [0.29, 0.717) is 29.8 Å². The van der Waals surface area contributed by atoms with E-state index in [1.807, 2.05) is 19.9 Å². The molecule has 0 aromatic carbocycles. The van der Waals surface area contributed by atoms with Crippen molar-refractivity contribution in [3.05, 3.63) is 35.8 Å². The van der Waals surface area contributed by atoms with Gasteiger partial charge in [0.1, 0.15) is 5.56 Å². The standard InChI is InChI=1S/C19H24N8O2.ClH/c1-4-29-18-14(11-27-10-13(3)21-19(27)23-18)17(28)22-15-5-6-16(25-24-15)26-8-7-20-12(2)9-26;/h5-6,10-12,20H,4,7-9H2,1-3H3,(H,22,24,28);1H/t12-;/m0./s1. The van der Waals surface area contributed by atoms with Crippen molar-refractivity contribution in [3.63, 3.8) is 0 Å². The number of ether oxygens (including phenoxy) is 1. The van der Waals surface area contributed by atoms with Crippen LogP contribution in [0.25, 0.3) is 5.78 Å². The smallest absolute Gasteiger partial charge is 0.263 e. The third-order valence-electron chi connectivity index (χ3n) is 4.64. The number of piperazine rings is 1. The van der Waals surface area contributed by atoms with Crippen LogP contribution in [0.3, 0.4) is 0 Å². The van der Waals surface area contributed by atoms with E-state index >= 15 is 0 Å². The number of aryl methyl sites for hydroxylation is 1. The number of halogens is 1. The Bertz CT molecular complexity index is 1020. The molecular formula is C19H25ClN8O2. The molecular weight excluding hydrogens is 408 g/mol. The number of hydrogen-bond acceptors (Lipinski definition) is 8. The van der Waals surface area contributed by atoms with Gasteiger partial charge in [0.2, 0.25) is 11.7 Å². The number of carbonyl (C=O) groups excluding carboxylic acids is 1. The number of fused-ring (bicyclic) bond motifs is 1. The second kappa shape index (κ2) is 9.23. The number of amides is 1. The number of nitrogens with zero attached hydrogens (tertiary/aromatic N) is 6. The molecule has 0 bridgehead atoms. The van der Waals surface area contributed by atoms with Crippen LogP contribution in [0.5, 0.6) is 5.88 Å². The summed E-state index contributed by atoms with van der Waals surface area (Å²) < 4.78 is 7.25. The third-order valence-corrected chi connectivity index (χ3v) is 4.64. The van der Waals surface area contributed by atoms with Crippen molar-refractivity contribution in [2.75, 3.05) is 36.5 Å². The largest absolute Gasteiger partial charge is 0.477 e. The fourth-order valence-corrected chi connectivity index (χ4v) is 3.31. The second-order valence-corrected chi connectivity index (χ2v) is 7.01. The highest BCUT2D eigenvalue weighted by Crippen LogP contribution is 2.20. The Morgan fingerprint density at radius 2 is 2.13 bits per heavy atom. The van der Waals surface area contributed by atoms with E-state index in [0.717, 1.165) is 31.1 Å². The molecule has 3 aromatic rings. The van der Waals surface area contributed by atoms with E-state index in [1.165, 1.54) is 0 Å². The van der Waals surface area contributed by atoms with Gasteiger partial charge in [-0.15, -0.1) is 22.6 Å². The Hall–Kier alpha value is -2.98. The quantitative estimate of drug-likeness (QED) is 0.627. The molecule has 0 saturated carbocycles. The van der Waals surface area contributed by atoms with E-state index in [9.17, 15) is 4.79 Å². The monoisotopic (exact) mass is 432 g/mol. The Labute approximate surface area is 180 Å². The van der Waals surface area contributed by atoms with Gasteiger partial charge in [-0.1, -0.05) is 0 Å². The first kappa shape index (κ1) is 21.7. The lowest BCUT2D eigenvalue weighted by Crippen LogP contribution is -2.49. The third kappa shape index (κ3) is 4.60. The molecule has 1 aliphatic rings. The molecule has 0 spiro atoms. The molecule has 10 nitrogen and oxygen atoms in total. The fraction of sp³-hybridized carbons (Fsp3) is 0.421. The van der Waals surface area contributed by atoms with Crippen molar-refractivity contribution in [2.45, 2.75) is 26.8 Å². The molecule has 2 N–H and O–H groups in total. The predicted octanol–water partition coefficient (Wildman–Crippen LogP) is 1.70. The van der Waals surface area contributed by atoms with Gasteiger partial charge in [0.25, 0.3) is 5.91 Å². The second-order valence-electron chi connectivity index (χ2n) is 7.01. The first-order chi connectivity index (χ1) is 14.0. The van der Waals surface area contributed by atoms with Crippen LogP contribution in [0, 0.1) is 6.92 Å². The van der Waals surface area contributed by atoms with Crippen molar-refractivity contribution in [2.24, 2.45) is 0 Å². The van der Waals surface area contributed by atoms with Crippen molar-refractivity contribution in [3.8, 4) is 5.88 Å². The van der Waals surface area contributed by atoms with Gasteiger partial charge in [-0.05, 0) is 32.9 Å². The van der Waals surface area contributed by atoms with Crippen LogP contribution >= 0.6 is 12.4 Å². The summed E-state index contributed by atoms with van der Waals surface area (Å²) in [7, 11) is 0. The number of imidazole rings is 1. The van der Waals surface area contributed by atoms with E-state index in [-0.39, 0.29) is 24.2 Å². The number of carbonyl (C=O) groups is 1. The summed E-state index contributed by atoms with van der Waals surface area (Å²) in [6, 6.07) is 4.02. The van der Waals surface area contributed by atoms with Gasteiger partial charge in [0.15, 0.2) is 11.6 Å². The molecule has 1 saturated heterocycles. The minimum absolute atomic E-state index is 0. The summed E-state index contributed by atoms with van der Waals surface area (Å²) in [5, 5.41) is 14.6. The van der Waals surface area contributed by atoms with Crippen LogP contribution in [0.2, 0.25) is 0 Å². The maximum atomic E-state index is 12.8. The van der Waals surface area contributed by atoms with Crippen LogP contribution in [0.4, 0.5) is 11.6 Å². The van der Waals surface area contributed by atoms with Crippen LogP contribution in [-0.4, -0.2) is 62.8 Å².